The summed E-state index contributed by atoms with van der Waals surface area (Å²) >= 11 is 0. The first kappa shape index (κ1) is 16.6. The molecule has 0 spiro atoms. The predicted molar refractivity (Wildman–Crippen MR) is 73.7 cm³/mol. The van der Waals surface area contributed by atoms with Crippen molar-refractivity contribution in [3.63, 3.8) is 0 Å². The van der Waals surface area contributed by atoms with Crippen LogP contribution in [0.15, 0.2) is 0 Å². The molecule has 3 amide bonds. The van der Waals surface area contributed by atoms with Crippen LogP contribution >= 0.6 is 0 Å². The van der Waals surface area contributed by atoms with E-state index in [1.165, 1.54) is 0 Å². The second-order valence-electron chi connectivity index (χ2n) is 6.19. The van der Waals surface area contributed by atoms with E-state index in [0.717, 1.165) is 4.90 Å². The first-order chi connectivity index (χ1) is 9.25. The standard InChI is InChI=1S/C14H24N2O4/c1-14(2,3)10(7-9-17)15-11(18)6-8-16-12(19)4-5-13(16)20/h10,17H,4-9H2,1-3H3,(H,15,18). The van der Waals surface area contributed by atoms with Gasteiger partial charge in [0.05, 0.1) is 0 Å². The van der Waals surface area contributed by atoms with Gasteiger partial charge in [-0.15, -0.1) is 0 Å². The summed E-state index contributed by atoms with van der Waals surface area (Å²) in [6.45, 7) is 6.11. The Morgan fingerprint density at radius 2 is 1.85 bits per heavy atom. The number of imide groups is 1. The molecule has 1 atom stereocenters. The van der Waals surface area contributed by atoms with Crippen molar-refractivity contribution < 1.29 is 19.5 Å². The molecule has 1 saturated heterocycles. The van der Waals surface area contributed by atoms with Crippen molar-refractivity contribution in [3.8, 4) is 0 Å². The number of hydrogen-bond acceptors (Lipinski definition) is 4. The number of carbonyl (C=O) groups excluding carboxylic acids is 3. The molecule has 1 fully saturated rings. The van der Waals surface area contributed by atoms with Crippen LogP contribution in [0.4, 0.5) is 0 Å². The molecule has 0 saturated carbocycles. The van der Waals surface area contributed by atoms with Crippen LogP contribution in [0.5, 0.6) is 0 Å². The second kappa shape index (κ2) is 6.83. The van der Waals surface area contributed by atoms with Gasteiger partial charge in [-0.25, -0.2) is 0 Å². The number of aliphatic hydroxyl groups excluding tert-OH is 1. The molecule has 0 aromatic carbocycles. The van der Waals surface area contributed by atoms with E-state index in [9.17, 15) is 14.4 Å². The minimum absolute atomic E-state index is 0.00527. The molecule has 1 heterocycles. The van der Waals surface area contributed by atoms with Gasteiger partial charge >= 0.3 is 0 Å². The predicted octanol–water partition coefficient (Wildman–Crippen LogP) is 0.439. The number of rotatable bonds is 6. The number of nitrogens with zero attached hydrogens (tertiary/aromatic N) is 1. The van der Waals surface area contributed by atoms with Crippen LogP contribution in [0.25, 0.3) is 0 Å². The van der Waals surface area contributed by atoms with Gasteiger partial charge < -0.3 is 10.4 Å². The van der Waals surface area contributed by atoms with Crippen LogP contribution in [0, 0.1) is 5.41 Å². The smallest absolute Gasteiger partial charge is 0.229 e. The van der Waals surface area contributed by atoms with Crippen molar-refractivity contribution >= 4 is 17.7 Å². The number of aliphatic hydroxyl groups is 1. The van der Waals surface area contributed by atoms with Gasteiger partial charge in [-0.05, 0) is 11.8 Å². The molecule has 0 aromatic rings. The zero-order valence-corrected chi connectivity index (χ0v) is 12.4. The molecule has 20 heavy (non-hydrogen) atoms. The Balaban J connectivity index is 2.46. The molecule has 0 aromatic heterocycles. The highest BCUT2D eigenvalue weighted by molar-refractivity contribution is 6.02. The molecule has 1 aliphatic heterocycles. The lowest BCUT2D eigenvalue weighted by atomic mass is 9.85. The minimum atomic E-state index is -0.203. The average molecular weight is 284 g/mol. The molecule has 0 radical (unpaired) electrons. The quantitative estimate of drug-likeness (QED) is 0.693. The van der Waals surface area contributed by atoms with Crippen LogP contribution in [-0.2, 0) is 14.4 Å². The van der Waals surface area contributed by atoms with Crippen molar-refractivity contribution in [2.45, 2.75) is 52.5 Å². The van der Waals surface area contributed by atoms with E-state index in [1.54, 1.807) is 0 Å². The Kier molecular flexibility index (Phi) is 5.68. The molecule has 1 rings (SSSR count). The summed E-state index contributed by atoms with van der Waals surface area (Å²) in [7, 11) is 0. The maximum Gasteiger partial charge on any atom is 0.229 e. The van der Waals surface area contributed by atoms with Gasteiger partial charge in [-0.2, -0.15) is 0 Å². The average Bonchev–Trinajstić information content (AvgIpc) is 2.65. The Hall–Kier alpha value is -1.43. The van der Waals surface area contributed by atoms with E-state index >= 15 is 0 Å². The molecule has 114 valence electrons. The minimum Gasteiger partial charge on any atom is -0.396 e. The van der Waals surface area contributed by atoms with E-state index in [-0.39, 0.29) is 61.6 Å². The van der Waals surface area contributed by atoms with Gasteiger partial charge in [0, 0.05) is 38.5 Å². The normalized spacial score (nSPS) is 17.5. The van der Waals surface area contributed by atoms with Gasteiger partial charge in [0.15, 0.2) is 0 Å². The molecule has 1 aliphatic rings. The second-order valence-corrected chi connectivity index (χ2v) is 6.19. The van der Waals surface area contributed by atoms with E-state index < -0.39 is 0 Å². The summed E-state index contributed by atoms with van der Waals surface area (Å²) in [5, 5.41) is 11.9. The molecule has 6 heteroatoms. The van der Waals surface area contributed by atoms with Gasteiger partial charge in [-0.1, -0.05) is 20.8 Å². The summed E-state index contributed by atoms with van der Waals surface area (Å²) in [5.41, 5.74) is -0.155. The molecular weight excluding hydrogens is 260 g/mol. The highest BCUT2D eigenvalue weighted by Gasteiger charge is 2.30. The molecule has 1 unspecified atom stereocenters. The van der Waals surface area contributed by atoms with Crippen LogP contribution in [-0.4, -0.2) is 46.9 Å². The maximum atomic E-state index is 11.9. The number of amides is 3. The van der Waals surface area contributed by atoms with Crippen LogP contribution in [0.1, 0.15) is 46.5 Å². The monoisotopic (exact) mass is 284 g/mol. The van der Waals surface area contributed by atoms with Crippen molar-refractivity contribution in [2.24, 2.45) is 5.41 Å². The molecule has 0 aliphatic carbocycles. The van der Waals surface area contributed by atoms with Gasteiger partial charge in [0.2, 0.25) is 17.7 Å². The number of carbonyl (C=O) groups is 3. The van der Waals surface area contributed by atoms with Crippen LogP contribution in [0.2, 0.25) is 0 Å². The van der Waals surface area contributed by atoms with E-state index in [1.807, 2.05) is 20.8 Å². The summed E-state index contributed by atoms with van der Waals surface area (Å²) in [6.07, 6.45) is 1.08. The largest absolute Gasteiger partial charge is 0.396 e. The van der Waals surface area contributed by atoms with Crippen molar-refractivity contribution in [1.82, 2.24) is 10.2 Å². The summed E-state index contributed by atoms with van der Waals surface area (Å²) in [5.74, 6) is -0.609. The van der Waals surface area contributed by atoms with Gasteiger partial charge in [-0.3, -0.25) is 19.3 Å². The summed E-state index contributed by atoms with van der Waals surface area (Å²) < 4.78 is 0. The number of nitrogens with one attached hydrogen (secondary N) is 1. The third kappa shape index (κ3) is 4.59. The fourth-order valence-corrected chi connectivity index (χ4v) is 2.20. The third-order valence-electron chi connectivity index (χ3n) is 3.52. The molecule has 0 bridgehead atoms. The Bertz CT molecular complexity index is 371. The molecule has 2 N–H and O–H groups in total. The SMILES string of the molecule is CC(C)(C)C(CCO)NC(=O)CCN1C(=O)CCC1=O. The van der Waals surface area contributed by atoms with Crippen LogP contribution in [0.3, 0.4) is 0 Å². The number of likely N-dealkylation sites (tertiary alicyclic amines) is 1. The fraction of sp³-hybridized carbons (Fsp3) is 0.786. The highest BCUT2D eigenvalue weighted by Crippen LogP contribution is 2.21. The molecular formula is C14H24N2O4. The summed E-state index contributed by atoms with van der Waals surface area (Å²) in [6, 6.07) is -0.134. The van der Waals surface area contributed by atoms with Crippen LogP contribution < -0.4 is 5.32 Å². The van der Waals surface area contributed by atoms with Crippen molar-refractivity contribution in [1.29, 1.82) is 0 Å². The molecule has 6 nitrogen and oxygen atoms in total. The zero-order valence-electron chi connectivity index (χ0n) is 12.4. The van der Waals surface area contributed by atoms with E-state index in [0.29, 0.717) is 6.42 Å². The first-order valence-corrected chi connectivity index (χ1v) is 6.99. The Labute approximate surface area is 119 Å². The van der Waals surface area contributed by atoms with Crippen molar-refractivity contribution in [2.75, 3.05) is 13.2 Å². The topological polar surface area (TPSA) is 86.7 Å². The van der Waals surface area contributed by atoms with Gasteiger partial charge in [0.1, 0.15) is 0 Å². The first-order valence-electron chi connectivity index (χ1n) is 6.99. The van der Waals surface area contributed by atoms with Crippen molar-refractivity contribution in [3.05, 3.63) is 0 Å². The fourth-order valence-electron chi connectivity index (χ4n) is 2.20. The lowest BCUT2D eigenvalue weighted by Gasteiger charge is -2.31. The lowest BCUT2D eigenvalue weighted by Crippen LogP contribution is -2.45. The lowest BCUT2D eigenvalue weighted by molar-refractivity contribution is -0.138. The van der Waals surface area contributed by atoms with E-state index in [2.05, 4.69) is 5.32 Å². The maximum absolute atomic E-state index is 11.9. The third-order valence-corrected chi connectivity index (χ3v) is 3.52. The highest BCUT2D eigenvalue weighted by atomic mass is 16.3. The number of hydrogen-bond donors (Lipinski definition) is 2. The zero-order chi connectivity index (χ0) is 15.3. The van der Waals surface area contributed by atoms with Gasteiger partial charge in [0.25, 0.3) is 0 Å². The van der Waals surface area contributed by atoms with E-state index in [4.69, 9.17) is 5.11 Å². The summed E-state index contributed by atoms with van der Waals surface area (Å²) in [4.78, 5) is 35.9. The Morgan fingerprint density at radius 3 is 2.30 bits per heavy atom. The Morgan fingerprint density at radius 1 is 1.30 bits per heavy atom.